The number of hydrogen-bond donors (Lipinski definition) is 1. The minimum absolute atomic E-state index is 0.260. The maximum atomic E-state index is 13.8. The number of nitrogens with one attached hydrogen (secondary N) is 1. The number of imidazole rings is 1. The molecule has 0 amide bonds. The molecule has 124 valence electrons. The van der Waals surface area contributed by atoms with Crippen LogP contribution >= 0.6 is 0 Å². The topological polar surface area (TPSA) is 32.6 Å². The molecule has 6 heteroatoms. The molecular weight excluding hydrogens is 327 g/mol. The van der Waals surface area contributed by atoms with Crippen LogP contribution in [0.1, 0.15) is 5.56 Å². The molecule has 2 heterocycles. The molecule has 0 aliphatic rings. The number of pyridine rings is 1. The van der Waals surface area contributed by atoms with E-state index in [0.717, 1.165) is 17.1 Å². The standard InChI is InChI=1S/C19H12F3N3/c20-14-3-1-2-12(8-14)19-23-17-6-7-25(11-18(17)24-19)10-13-4-5-15(21)9-16(13)22/h1-9,11H,10H2/p+1. The summed E-state index contributed by atoms with van der Waals surface area (Å²) >= 11 is 0. The molecule has 0 saturated heterocycles. The van der Waals surface area contributed by atoms with E-state index in [1.165, 1.54) is 24.3 Å². The molecule has 4 rings (SSSR count). The van der Waals surface area contributed by atoms with Crippen LogP contribution in [0, 0.1) is 17.5 Å². The fourth-order valence-electron chi connectivity index (χ4n) is 2.72. The largest absolute Gasteiger partial charge is 0.333 e. The first kappa shape index (κ1) is 15.4. The second-order valence-electron chi connectivity index (χ2n) is 5.75. The highest BCUT2D eigenvalue weighted by Gasteiger charge is 2.13. The summed E-state index contributed by atoms with van der Waals surface area (Å²) in [5.74, 6) is -0.965. The average molecular weight is 340 g/mol. The van der Waals surface area contributed by atoms with Crippen LogP contribution in [0.5, 0.6) is 0 Å². The number of aromatic nitrogens is 3. The third kappa shape index (κ3) is 3.10. The molecule has 4 aromatic rings. The normalized spacial score (nSPS) is 11.2. The summed E-state index contributed by atoms with van der Waals surface area (Å²) in [7, 11) is 0. The van der Waals surface area contributed by atoms with E-state index in [1.54, 1.807) is 35.2 Å². The first-order valence-electron chi connectivity index (χ1n) is 7.67. The number of aromatic amines is 1. The van der Waals surface area contributed by atoms with Crippen molar-refractivity contribution in [3.63, 3.8) is 0 Å². The Morgan fingerprint density at radius 2 is 1.80 bits per heavy atom. The number of benzene rings is 2. The zero-order valence-electron chi connectivity index (χ0n) is 13.0. The maximum Gasteiger partial charge on any atom is 0.195 e. The van der Waals surface area contributed by atoms with Crippen molar-refractivity contribution in [2.24, 2.45) is 0 Å². The zero-order valence-corrected chi connectivity index (χ0v) is 13.0. The average Bonchev–Trinajstić information content (AvgIpc) is 3.01. The van der Waals surface area contributed by atoms with Gasteiger partial charge in [0.05, 0.1) is 5.56 Å². The first-order chi connectivity index (χ1) is 12.1. The Balaban J connectivity index is 1.68. The van der Waals surface area contributed by atoms with Gasteiger partial charge in [0.1, 0.15) is 34.3 Å². The van der Waals surface area contributed by atoms with Crippen molar-refractivity contribution >= 4 is 11.0 Å². The van der Waals surface area contributed by atoms with Crippen molar-refractivity contribution in [3.05, 3.63) is 83.9 Å². The predicted octanol–water partition coefficient (Wildman–Crippen LogP) is 3.98. The van der Waals surface area contributed by atoms with Crippen LogP contribution in [0.3, 0.4) is 0 Å². The number of H-pyrrole nitrogens is 1. The Labute approximate surface area is 141 Å². The van der Waals surface area contributed by atoms with Gasteiger partial charge in [0.2, 0.25) is 0 Å². The molecule has 0 atom stereocenters. The van der Waals surface area contributed by atoms with Gasteiger partial charge in [-0.05, 0) is 24.3 Å². The van der Waals surface area contributed by atoms with E-state index in [2.05, 4.69) is 9.97 Å². The highest BCUT2D eigenvalue weighted by Crippen LogP contribution is 2.20. The van der Waals surface area contributed by atoms with Crippen molar-refractivity contribution in [1.82, 2.24) is 9.97 Å². The second-order valence-corrected chi connectivity index (χ2v) is 5.75. The smallest absolute Gasteiger partial charge is 0.195 e. The molecule has 0 saturated carbocycles. The van der Waals surface area contributed by atoms with Crippen LogP contribution in [-0.2, 0) is 6.54 Å². The van der Waals surface area contributed by atoms with Gasteiger partial charge < -0.3 is 4.98 Å². The van der Waals surface area contributed by atoms with Crippen LogP contribution in [0.25, 0.3) is 22.4 Å². The Kier molecular flexibility index (Phi) is 3.72. The Hall–Kier alpha value is -3.15. The van der Waals surface area contributed by atoms with Crippen LogP contribution < -0.4 is 4.57 Å². The number of nitrogens with zero attached hydrogens (tertiary/aromatic N) is 2. The van der Waals surface area contributed by atoms with E-state index >= 15 is 0 Å². The lowest BCUT2D eigenvalue weighted by molar-refractivity contribution is -0.687. The Morgan fingerprint density at radius 1 is 0.960 bits per heavy atom. The van der Waals surface area contributed by atoms with Crippen LogP contribution in [0.4, 0.5) is 13.2 Å². The van der Waals surface area contributed by atoms with Gasteiger partial charge in [-0.1, -0.05) is 12.1 Å². The molecule has 0 aliphatic heterocycles. The lowest BCUT2D eigenvalue weighted by Gasteiger charge is -2.00. The summed E-state index contributed by atoms with van der Waals surface area (Å²) in [5.41, 5.74) is 2.49. The zero-order chi connectivity index (χ0) is 17.4. The predicted molar refractivity (Wildman–Crippen MR) is 87.1 cm³/mol. The van der Waals surface area contributed by atoms with E-state index in [1.807, 2.05) is 0 Å². The molecule has 0 fully saturated rings. The van der Waals surface area contributed by atoms with Crippen LogP contribution in [0.2, 0.25) is 0 Å². The first-order valence-corrected chi connectivity index (χ1v) is 7.67. The number of halogens is 3. The highest BCUT2D eigenvalue weighted by atomic mass is 19.1. The third-order valence-electron chi connectivity index (χ3n) is 3.95. The van der Waals surface area contributed by atoms with Gasteiger partial charge in [-0.15, -0.1) is 0 Å². The lowest BCUT2D eigenvalue weighted by atomic mass is 10.2. The summed E-state index contributed by atoms with van der Waals surface area (Å²) in [6, 6.07) is 11.5. The fourth-order valence-corrected chi connectivity index (χ4v) is 2.72. The Morgan fingerprint density at radius 3 is 2.60 bits per heavy atom. The highest BCUT2D eigenvalue weighted by molar-refractivity contribution is 5.77. The van der Waals surface area contributed by atoms with E-state index in [-0.39, 0.29) is 12.4 Å². The molecule has 0 unspecified atom stereocenters. The van der Waals surface area contributed by atoms with Crippen molar-refractivity contribution in [3.8, 4) is 11.4 Å². The quantitative estimate of drug-likeness (QED) is 0.562. The van der Waals surface area contributed by atoms with Crippen LogP contribution in [-0.4, -0.2) is 9.97 Å². The van der Waals surface area contributed by atoms with Crippen molar-refractivity contribution in [1.29, 1.82) is 0 Å². The number of fused-ring (bicyclic) bond motifs is 1. The molecule has 0 spiro atoms. The Bertz CT molecular complexity index is 1070. The maximum absolute atomic E-state index is 13.8. The van der Waals surface area contributed by atoms with E-state index < -0.39 is 11.6 Å². The minimum atomic E-state index is -0.602. The van der Waals surface area contributed by atoms with Crippen molar-refractivity contribution < 1.29 is 17.7 Å². The van der Waals surface area contributed by atoms with Gasteiger partial charge >= 0.3 is 0 Å². The molecule has 0 bridgehead atoms. The van der Waals surface area contributed by atoms with Gasteiger partial charge in [0.25, 0.3) is 0 Å². The van der Waals surface area contributed by atoms with Gasteiger partial charge in [-0.2, -0.15) is 4.57 Å². The number of hydrogen-bond acceptors (Lipinski definition) is 1. The molecule has 25 heavy (non-hydrogen) atoms. The third-order valence-corrected chi connectivity index (χ3v) is 3.95. The summed E-state index contributed by atoms with van der Waals surface area (Å²) in [6.07, 6.45) is 3.55. The number of rotatable bonds is 3. The molecule has 1 N–H and O–H groups in total. The van der Waals surface area contributed by atoms with E-state index in [9.17, 15) is 13.2 Å². The molecule has 2 aromatic carbocycles. The molecule has 2 aromatic heterocycles. The van der Waals surface area contributed by atoms with E-state index in [0.29, 0.717) is 17.0 Å². The van der Waals surface area contributed by atoms with Gasteiger partial charge in [0, 0.05) is 17.7 Å². The molecule has 0 radical (unpaired) electrons. The van der Waals surface area contributed by atoms with Crippen molar-refractivity contribution in [2.45, 2.75) is 6.54 Å². The van der Waals surface area contributed by atoms with Crippen molar-refractivity contribution in [2.75, 3.05) is 0 Å². The molecular formula is C19H13F3N3+. The molecule has 3 nitrogen and oxygen atoms in total. The summed E-state index contributed by atoms with van der Waals surface area (Å²) in [6.45, 7) is 0.260. The lowest BCUT2D eigenvalue weighted by Crippen LogP contribution is -2.33. The van der Waals surface area contributed by atoms with Gasteiger partial charge in [0.15, 0.2) is 18.9 Å². The second kappa shape index (κ2) is 6.05. The van der Waals surface area contributed by atoms with Gasteiger partial charge in [-0.25, -0.2) is 18.2 Å². The summed E-state index contributed by atoms with van der Waals surface area (Å²) in [5, 5.41) is 0. The fraction of sp³-hybridized carbons (Fsp3) is 0.0526. The summed E-state index contributed by atoms with van der Waals surface area (Å²) in [4.78, 5) is 7.58. The summed E-state index contributed by atoms with van der Waals surface area (Å²) < 4.78 is 41.9. The van der Waals surface area contributed by atoms with Gasteiger partial charge in [-0.3, -0.25) is 0 Å². The SMILES string of the molecule is Fc1cccc(-c2nc3cc[n+](Cc4ccc(F)cc4F)cc3[nH]2)c1. The molecule has 0 aliphatic carbocycles. The van der Waals surface area contributed by atoms with E-state index in [4.69, 9.17) is 0 Å². The monoisotopic (exact) mass is 340 g/mol. The van der Waals surface area contributed by atoms with Crippen LogP contribution in [0.15, 0.2) is 60.9 Å². The minimum Gasteiger partial charge on any atom is -0.333 e.